The Bertz CT molecular complexity index is 989. The van der Waals surface area contributed by atoms with Crippen LogP contribution < -0.4 is 9.80 Å². The second-order valence-corrected chi connectivity index (χ2v) is 8.65. The predicted octanol–water partition coefficient (Wildman–Crippen LogP) is 4.83. The molecule has 4 nitrogen and oxygen atoms in total. The van der Waals surface area contributed by atoms with E-state index in [1.54, 1.807) is 23.5 Å². The fraction of sp³-hybridized carbons (Fsp3) is 0.318. The quantitative estimate of drug-likeness (QED) is 0.635. The van der Waals surface area contributed by atoms with Crippen LogP contribution in [-0.4, -0.2) is 36.1 Å². The summed E-state index contributed by atoms with van der Waals surface area (Å²) in [6.45, 7) is 3.03. The zero-order valence-electron chi connectivity index (χ0n) is 15.9. The molecule has 1 saturated heterocycles. The maximum absolute atomic E-state index is 13.7. The first-order chi connectivity index (χ1) is 13.7. The van der Waals surface area contributed by atoms with E-state index < -0.39 is 0 Å². The molecule has 0 saturated carbocycles. The van der Waals surface area contributed by atoms with E-state index in [9.17, 15) is 4.39 Å². The Balaban J connectivity index is 1.26. The summed E-state index contributed by atoms with van der Waals surface area (Å²) in [7, 11) is 1.97. The molecule has 144 valence electrons. The van der Waals surface area contributed by atoms with Crippen LogP contribution in [-0.2, 0) is 6.54 Å². The number of rotatable bonds is 3. The minimum absolute atomic E-state index is 0.188. The van der Waals surface area contributed by atoms with Crippen LogP contribution in [0, 0.1) is 5.82 Å². The molecule has 1 aromatic heterocycles. The van der Waals surface area contributed by atoms with Crippen LogP contribution in [0.5, 0.6) is 0 Å². The number of fused-ring (bicyclic) bond motifs is 2. The summed E-state index contributed by atoms with van der Waals surface area (Å²) in [6, 6.07) is 13.9. The minimum atomic E-state index is -0.188. The van der Waals surface area contributed by atoms with Gasteiger partial charge in [-0.1, -0.05) is 12.1 Å². The molecule has 0 unspecified atom stereocenters. The lowest BCUT2D eigenvalue weighted by atomic mass is 10.0. The maximum Gasteiger partial charge on any atom is 0.125 e. The molecule has 28 heavy (non-hydrogen) atoms. The van der Waals surface area contributed by atoms with E-state index in [1.807, 2.05) is 30.3 Å². The monoisotopic (exact) mass is 394 g/mol. The molecule has 0 atom stereocenters. The lowest BCUT2D eigenvalue weighted by molar-refractivity contribution is 0.204. The van der Waals surface area contributed by atoms with E-state index in [-0.39, 0.29) is 5.82 Å². The second-order valence-electron chi connectivity index (χ2n) is 7.53. The van der Waals surface area contributed by atoms with Crippen molar-refractivity contribution in [1.82, 2.24) is 9.88 Å². The Labute approximate surface area is 168 Å². The van der Waals surface area contributed by atoms with Gasteiger partial charge in [0, 0.05) is 38.6 Å². The van der Waals surface area contributed by atoms with Gasteiger partial charge in [-0.3, -0.25) is 4.90 Å². The number of anilines is 2. The number of thiazole rings is 1. The van der Waals surface area contributed by atoms with Crippen molar-refractivity contribution < 1.29 is 4.39 Å². The summed E-state index contributed by atoms with van der Waals surface area (Å²) in [6.07, 6.45) is 6.34. The van der Waals surface area contributed by atoms with Crippen LogP contribution in [0.2, 0.25) is 0 Å². The van der Waals surface area contributed by atoms with Gasteiger partial charge >= 0.3 is 0 Å². The van der Waals surface area contributed by atoms with Gasteiger partial charge in [0.2, 0.25) is 0 Å². The summed E-state index contributed by atoms with van der Waals surface area (Å²) in [5.41, 5.74) is 3.12. The van der Waals surface area contributed by atoms with Crippen LogP contribution in [0.4, 0.5) is 15.8 Å². The first-order valence-corrected chi connectivity index (χ1v) is 10.5. The van der Waals surface area contributed by atoms with Crippen molar-refractivity contribution in [2.24, 2.45) is 0 Å². The van der Waals surface area contributed by atoms with Crippen molar-refractivity contribution in [3.8, 4) is 0 Å². The molecule has 3 heterocycles. The molecule has 0 radical (unpaired) electrons. The van der Waals surface area contributed by atoms with Crippen molar-refractivity contribution in [2.75, 3.05) is 29.9 Å². The van der Waals surface area contributed by atoms with Gasteiger partial charge in [-0.2, -0.15) is 0 Å². The SMILES string of the molecule is CN1C=CN(C2CCN(Cc3nc4ccccc4s3)CC2)c2ccc(F)cc21. The van der Waals surface area contributed by atoms with E-state index in [0.29, 0.717) is 6.04 Å². The van der Waals surface area contributed by atoms with E-state index in [4.69, 9.17) is 4.98 Å². The average Bonchev–Trinajstić information content (AvgIpc) is 3.12. The highest BCUT2D eigenvalue weighted by atomic mass is 32.1. The van der Waals surface area contributed by atoms with Crippen LogP contribution in [0.1, 0.15) is 17.8 Å². The molecule has 3 aromatic rings. The van der Waals surface area contributed by atoms with Crippen LogP contribution in [0.15, 0.2) is 54.9 Å². The van der Waals surface area contributed by atoms with E-state index in [1.165, 1.54) is 9.71 Å². The van der Waals surface area contributed by atoms with Crippen molar-refractivity contribution >= 4 is 32.9 Å². The second kappa shape index (κ2) is 7.18. The number of likely N-dealkylation sites (tertiary alicyclic amines) is 1. The van der Waals surface area contributed by atoms with Crippen molar-refractivity contribution in [1.29, 1.82) is 0 Å². The zero-order chi connectivity index (χ0) is 19.1. The Morgan fingerprint density at radius 1 is 1.07 bits per heavy atom. The third-order valence-corrected chi connectivity index (χ3v) is 6.72. The number of benzene rings is 2. The molecular formula is C22H23FN4S. The molecule has 2 aromatic carbocycles. The van der Waals surface area contributed by atoms with E-state index >= 15 is 0 Å². The Hall–Kier alpha value is -2.44. The van der Waals surface area contributed by atoms with Gasteiger partial charge in [-0.25, -0.2) is 9.37 Å². The minimum Gasteiger partial charge on any atom is -0.348 e. The highest BCUT2D eigenvalue weighted by molar-refractivity contribution is 7.18. The highest BCUT2D eigenvalue weighted by Crippen LogP contribution is 2.36. The highest BCUT2D eigenvalue weighted by Gasteiger charge is 2.28. The summed E-state index contributed by atoms with van der Waals surface area (Å²) < 4.78 is 15.0. The molecule has 0 N–H and O–H groups in total. The average molecular weight is 395 g/mol. The zero-order valence-corrected chi connectivity index (χ0v) is 16.7. The fourth-order valence-electron chi connectivity index (χ4n) is 4.18. The number of para-hydroxylation sites is 1. The van der Waals surface area contributed by atoms with Crippen LogP contribution in [0.3, 0.4) is 0 Å². The van der Waals surface area contributed by atoms with Gasteiger partial charge in [-0.05, 0) is 43.2 Å². The molecule has 6 heteroatoms. The molecule has 5 rings (SSSR count). The van der Waals surface area contributed by atoms with E-state index in [2.05, 4.69) is 34.2 Å². The number of nitrogens with zero attached hydrogens (tertiary/aromatic N) is 4. The standard InChI is InChI=1S/C22H23FN4S/c1-25-12-13-27(19-7-6-16(23)14-20(19)25)17-8-10-26(11-9-17)15-22-24-18-4-2-3-5-21(18)28-22/h2-7,12-14,17H,8-11,15H2,1H3. The summed E-state index contributed by atoms with van der Waals surface area (Å²) >= 11 is 1.80. The van der Waals surface area contributed by atoms with Gasteiger partial charge in [0.05, 0.1) is 28.1 Å². The van der Waals surface area contributed by atoms with Crippen molar-refractivity contribution in [3.63, 3.8) is 0 Å². The van der Waals surface area contributed by atoms with Gasteiger partial charge in [-0.15, -0.1) is 11.3 Å². The third-order valence-electron chi connectivity index (χ3n) is 5.69. The van der Waals surface area contributed by atoms with Gasteiger partial charge in [0.25, 0.3) is 0 Å². The first kappa shape index (κ1) is 17.6. The number of aromatic nitrogens is 1. The molecule has 0 spiro atoms. The molecule has 1 fully saturated rings. The topological polar surface area (TPSA) is 22.6 Å². The van der Waals surface area contributed by atoms with Crippen LogP contribution in [0.25, 0.3) is 10.2 Å². The van der Waals surface area contributed by atoms with Gasteiger partial charge in [0.1, 0.15) is 10.8 Å². The molecule has 0 bridgehead atoms. The van der Waals surface area contributed by atoms with Gasteiger partial charge < -0.3 is 9.80 Å². The molecule has 0 aliphatic carbocycles. The predicted molar refractivity (Wildman–Crippen MR) is 114 cm³/mol. The van der Waals surface area contributed by atoms with Crippen molar-refractivity contribution in [3.05, 3.63) is 65.7 Å². The van der Waals surface area contributed by atoms with E-state index in [0.717, 1.165) is 49.4 Å². The number of hydrogen-bond donors (Lipinski definition) is 0. The molecule has 2 aliphatic heterocycles. The molecular weight excluding hydrogens is 371 g/mol. The first-order valence-electron chi connectivity index (χ1n) is 9.73. The van der Waals surface area contributed by atoms with Crippen molar-refractivity contribution in [2.45, 2.75) is 25.4 Å². The van der Waals surface area contributed by atoms with Crippen LogP contribution >= 0.6 is 11.3 Å². The maximum atomic E-state index is 13.7. The smallest absolute Gasteiger partial charge is 0.125 e. The Morgan fingerprint density at radius 2 is 1.89 bits per heavy atom. The normalized spacial score (nSPS) is 18.1. The molecule has 2 aliphatic rings. The largest absolute Gasteiger partial charge is 0.348 e. The van der Waals surface area contributed by atoms with Gasteiger partial charge in [0.15, 0.2) is 0 Å². The fourth-order valence-corrected chi connectivity index (χ4v) is 5.19. The summed E-state index contributed by atoms with van der Waals surface area (Å²) in [4.78, 5) is 11.6. The summed E-state index contributed by atoms with van der Waals surface area (Å²) in [5.74, 6) is -0.188. The Morgan fingerprint density at radius 3 is 2.71 bits per heavy atom. The lowest BCUT2D eigenvalue weighted by Crippen LogP contribution is -2.44. The summed E-state index contributed by atoms with van der Waals surface area (Å²) in [5, 5.41) is 1.19. The number of halogens is 1. The molecule has 0 amide bonds. The number of piperidine rings is 1. The lowest BCUT2D eigenvalue weighted by Gasteiger charge is -2.41. The third kappa shape index (κ3) is 3.27. The number of hydrogen-bond acceptors (Lipinski definition) is 5. The Kier molecular flexibility index (Phi) is 4.53.